The molecule has 0 aromatic rings. The number of nitrogens with zero attached hydrogens (tertiary/aromatic N) is 1. The van der Waals surface area contributed by atoms with Crippen molar-refractivity contribution >= 4 is 18.3 Å². The van der Waals surface area contributed by atoms with E-state index < -0.39 is 0 Å². The SMILES string of the molecule is Cl.NCC1CCCN(CC(=O)NC2CC2)C1. The quantitative estimate of drug-likeness (QED) is 0.754. The van der Waals surface area contributed by atoms with Gasteiger partial charge in [-0.2, -0.15) is 0 Å². The summed E-state index contributed by atoms with van der Waals surface area (Å²) in [6.45, 7) is 3.36. The molecule has 1 saturated heterocycles. The molecule has 94 valence electrons. The second kappa shape index (κ2) is 6.42. The fourth-order valence-electron chi connectivity index (χ4n) is 2.19. The van der Waals surface area contributed by atoms with Gasteiger partial charge in [0.2, 0.25) is 5.91 Å². The van der Waals surface area contributed by atoms with Crippen molar-refractivity contribution in [3.8, 4) is 0 Å². The first-order valence-corrected chi connectivity index (χ1v) is 5.99. The fourth-order valence-corrected chi connectivity index (χ4v) is 2.19. The van der Waals surface area contributed by atoms with E-state index in [9.17, 15) is 4.79 Å². The zero-order valence-electron chi connectivity index (χ0n) is 9.65. The van der Waals surface area contributed by atoms with Gasteiger partial charge in [-0.3, -0.25) is 9.69 Å². The van der Waals surface area contributed by atoms with Crippen LogP contribution in [-0.4, -0.2) is 43.0 Å². The Hall–Kier alpha value is -0.320. The van der Waals surface area contributed by atoms with Gasteiger partial charge in [-0.1, -0.05) is 0 Å². The van der Waals surface area contributed by atoms with Crippen molar-refractivity contribution in [3.63, 3.8) is 0 Å². The number of hydrogen-bond acceptors (Lipinski definition) is 3. The van der Waals surface area contributed by atoms with Crippen molar-refractivity contribution in [2.75, 3.05) is 26.2 Å². The van der Waals surface area contributed by atoms with E-state index >= 15 is 0 Å². The first-order chi connectivity index (χ1) is 7.28. The number of hydrogen-bond donors (Lipinski definition) is 2. The highest BCUT2D eigenvalue weighted by Crippen LogP contribution is 2.19. The van der Waals surface area contributed by atoms with Gasteiger partial charge in [0, 0.05) is 12.6 Å². The van der Waals surface area contributed by atoms with Crippen LogP contribution in [0.5, 0.6) is 0 Å². The molecule has 4 nitrogen and oxygen atoms in total. The number of carbonyl (C=O) groups is 1. The molecule has 0 aromatic carbocycles. The summed E-state index contributed by atoms with van der Waals surface area (Å²) in [6, 6.07) is 0.479. The standard InChI is InChI=1S/C11H21N3O.ClH/c12-6-9-2-1-5-14(7-9)8-11(15)13-10-3-4-10;/h9-10H,1-8,12H2,(H,13,15);1H. The average molecular weight is 248 g/mol. The summed E-state index contributed by atoms with van der Waals surface area (Å²) in [5.41, 5.74) is 5.66. The van der Waals surface area contributed by atoms with E-state index in [-0.39, 0.29) is 18.3 Å². The average Bonchev–Trinajstić information content (AvgIpc) is 3.02. The summed E-state index contributed by atoms with van der Waals surface area (Å²) >= 11 is 0. The van der Waals surface area contributed by atoms with Gasteiger partial charge in [0.15, 0.2) is 0 Å². The molecule has 0 bridgehead atoms. The molecule has 1 atom stereocenters. The molecule has 1 aliphatic carbocycles. The minimum Gasteiger partial charge on any atom is -0.352 e. The Labute approximate surface area is 103 Å². The van der Waals surface area contributed by atoms with Crippen LogP contribution in [0.15, 0.2) is 0 Å². The molecule has 1 heterocycles. The van der Waals surface area contributed by atoms with Gasteiger partial charge in [-0.25, -0.2) is 0 Å². The molecule has 1 saturated carbocycles. The van der Waals surface area contributed by atoms with E-state index in [0.717, 1.165) is 32.5 Å². The Morgan fingerprint density at radius 1 is 1.38 bits per heavy atom. The molecule has 3 N–H and O–H groups in total. The largest absolute Gasteiger partial charge is 0.352 e. The van der Waals surface area contributed by atoms with Crippen LogP contribution in [0.4, 0.5) is 0 Å². The lowest BCUT2D eigenvalue weighted by molar-refractivity contribution is -0.122. The van der Waals surface area contributed by atoms with Crippen LogP contribution in [0.1, 0.15) is 25.7 Å². The maximum absolute atomic E-state index is 11.6. The van der Waals surface area contributed by atoms with E-state index in [4.69, 9.17) is 5.73 Å². The van der Waals surface area contributed by atoms with Crippen LogP contribution >= 0.6 is 12.4 Å². The molecule has 2 fully saturated rings. The number of likely N-dealkylation sites (tertiary alicyclic amines) is 1. The molecule has 0 radical (unpaired) electrons. The number of nitrogens with one attached hydrogen (secondary N) is 1. The Bertz CT molecular complexity index is 233. The van der Waals surface area contributed by atoms with Crippen LogP contribution < -0.4 is 11.1 Å². The van der Waals surface area contributed by atoms with Crippen LogP contribution in [0.3, 0.4) is 0 Å². The minimum absolute atomic E-state index is 0. The summed E-state index contributed by atoms with van der Waals surface area (Å²) in [4.78, 5) is 13.8. The number of amides is 1. The van der Waals surface area contributed by atoms with Crippen molar-refractivity contribution in [1.29, 1.82) is 0 Å². The van der Waals surface area contributed by atoms with Gasteiger partial charge >= 0.3 is 0 Å². The van der Waals surface area contributed by atoms with Gasteiger partial charge in [0.1, 0.15) is 0 Å². The van der Waals surface area contributed by atoms with E-state index in [1.165, 1.54) is 12.8 Å². The van der Waals surface area contributed by atoms with E-state index in [2.05, 4.69) is 10.2 Å². The molecule has 1 aliphatic heterocycles. The smallest absolute Gasteiger partial charge is 0.234 e. The third-order valence-electron chi connectivity index (χ3n) is 3.25. The van der Waals surface area contributed by atoms with E-state index in [1.807, 2.05) is 0 Å². The topological polar surface area (TPSA) is 58.4 Å². The summed E-state index contributed by atoms with van der Waals surface area (Å²) < 4.78 is 0. The van der Waals surface area contributed by atoms with Crippen LogP contribution in [-0.2, 0) is 4.79 Å². The monoisotopic (exact) mass is 247 g/mol. The van der Waals surface area contributed by atoms with Crippen molar-refractivity contribution in [2.24, 2.45) is 11.7 Å². The molecule has 0 spiro atoms. The second-order valence-corrected chi connectivity index (χ2v) is 4.82. The summed E-state index contributed by atoms with van der Waals surface area (Å²) in [5.74, 6) is 0.780. The van der Waals surface area contributed by atoms with Crippen molar-refractivity contribution < 1.29 is 4.79 Å². The highest BCUT2D eigenvalue weighted by atomic mass is 35.5. The molecule has 1 amide bonds. The lowest BCUT2D eigenvalue weighted by atomic mass is 9.98. The van der Waals surface area contributed by atoms with Gasteiger partial charge in [0.05, 0.1) is 6.54 Å². The predicted octanol–water partition coefficient (Wildman–Crippen LogP) is 0.357. The lowest BCUT2D eigenvalue weighted by Crippen LogP contribution is -2.44. The van der Waals surface area contributed by atoms with Crippen LogP contribution in [0, 0.1) is 5.92 Å². The van der Waals surface area contributed by atoms with Gasteiger partial charge in [-0.15, -0.1) is 12.4 Å². The third-order valence-corrected chi connectivity index (χ3v) is 3.25. The summed E-state index contributed by atoms with van der Waals surface area (Å²) in [7, 11) is 0. The first-order valence-electron chi connectivity index (χ1n) is 5.99. The minimum atomic E-state index is 0. The number of nitrogens with two attached hydrogens (primary N) is 1. The lowest BCUT2D eigenvalue weighted by Gasteiger charge is -2.31. The van der Waals surface area contributed by atoms with Gasteiger partial charge in [-0.05, 0) is 44.7 Å². The van der Waals surface area contributed by atoms with Crippen molar-refractivity contribution in [2.45, 2.75) is 31.7 Å². The van der Waals surface area contributed by atoms with Crippen molar-refractivity contribution in [1.82, 2.24) is 10.2 Å². The van der Waals surface area contributed by atoms with Crippen molar-refractivity contribution in [3.05, 3.63) is 0 Å². The molecule has 16 heavy (non-hydrogen) atoms. The molecular formula is C11H22ClN3O. The Morgan fingerprint density at radius 3 is 2.75 bits per heavy atom. The highest BCUT2D eigenvalue weighted by Gasteiger charge is 2.25. The molecule has 5 heteroatoms. The van der Waals surface area contributed by atoms with E-state index in [1.54, 1.807) is 0 Å². The zero-order valence-corrected chi connectivity index (χ0v) is 10.5. The number of piperidine rings is 1. The Morgan fingerprint density at radius 2 is 2.12 bits per heavy atom. The maximum atomic E-state index is 11.6. The first kappa shape index (κ1) is 13.7. The van der Waals surface area contributed by atoms with Gasteiger partial charge in [0.25, 0.3) is 0 Å². The predicted molar refractivity (Wildman–Crippen MR) is 66.6 cm³/mol. The van der Waals surface area contributed by atoms with Crippen LogP contribution in [0.2, 0.25) is 0 Å². The maximum Gasteiger partial charge on any atom is 0.234 e. The Balaban J connectivity index is 0.00000128. The molecule has 1 unspecified atom stereocenters. The highest BCUT2D eigenvalue weighted by molar-refractivity contribution is 5.85. The molecular weight excluding hydrogens is 226 g/mol. The third kappa shape index (κ3) is 4.28. The molecule has 2 rings (SSSR count). The number of halogens is 1. The second-order valence-electron chi connectivity index (χ2n) is 4.82. The normalized spacial score (nSPS) is 25.9. The van der Waals surface area contributed by atoms with Crippen LogP contribution in [0.25, 0.3) is 0 Å². The van der Waals surface area contributed by atoms with Gasteiger partial charge < -0.3 is 11.1 Å². The summed E-state index contributed by atoms with van der Waals surface area (Å²) in [6.07, 6.45) is 4.73. The zero-order chi connectivity index (χ0) is 10.7. The fraction of sp³-hybridized carbons (Fsp3) is 0.909. The molecule has 0 aromatic heterocycles. The summed E-state index contributed by atoms with van der Waals surface area (Å²) in [5, 5.41) is 3.02. The number of carbonyl (C=O) groups excluding carboxylic acids is 1. The molecule has 2 aliphatic rings. The number of rotatable bonds is 4. The van der Waals surface area contributed by atoms with E-state index in [0.29, 0.717) is 18.5 Å². The Kier molecular flexibility index (Phi) is 5.52.